The van der Waals surface area contributed by atoms with E-state index in [0.717, 1.165) is 65.8 Å². The van der Waals surface area contributed by atoms with Crippen molar-refractivity contribution in [2.24, 2.45) is 52.3 Å². The fourth-order valence-corrected chi connectivity index (χ4v) is 12.8. The van der Waals surface area contributed by atoms with Gasteiger partial charge >= 0.3 is 0 Å². The number of nitrogens with one attached hydrogen (secondary N) is 1. The molecule has 9 atom stereocenters. The number of ether oxygens (including phenoxy) is 2. The lowest BCUT2D eigenvalue weighted by molar-refractivity contribution is 0.0144. The fraction of sp³-hybridized carbons (Fsp3) is 0.308. The minimum Gasteiger partial charge on any atom is -0.460 e. The summed E-state index contributed by atoms with van der Waals surface area (Å²) in [5, 5.41) is 3.91. The van der Waals surface area contributed by atoms with Crippen LogP contribution in [0.4, 0.5) is 17.1 Å². The van der Waals surface area contributed by atoms with Crippen LogP contribution < -0.4 is 19.7 Å². The molecule has 11 rings (SSSR count). The van der Waals surface area contributed by atoms with Crippen molar-refractivity contribution in [2.45, 2.75) is 46.5 Å². The average Bonchev–Trinajstić information content (AvgIpc) is 3.65. The highest BCUT2D eigenvalue weighted by Gasteiger charge is 2.73. The van der Waals surface area contributed by atoms with Crippen molar-refractivity contribution >= 4 is 17.1 Å². The van der Waals surface area contributed by atoms with Gasteiger partial charge in [-0.2, -0.15) is 0 Å². The van der Waals surface area contributed by atoms with Crippen molar-refractivity contribution in [3.05, 3.63) is 180 Å². The van der Waals surface area contributed by atoms with Gasteiger partial charge in [0.25, 0.3) is 0 Å². The fourth-order valence-electron chi connectivity index (χ4n) is 12.8. The minimum absolute atomic E-state index is 0.0598. The Balaban J connectivity index is 1.07. The number of hydrogen-bond donors (Lipinski definition) is 1. The van der Waals surface area contributed by atoms with Crippen LogP contribution in [0.25, 0.3) is 0 Å². The van der Waals surface area contributed by atoms with Gasteiger partial charge in [0.2, 0.25) is 0 Å². The van der Waals surface area contributed by atoms with Crippen LogP contribution in [0, 0.1) is 52.3 Å². The number of rotatable bonds is 5. The molecular formula is C52H50N2O2. The Morgan fingerprint density at radius 2 is 1.57 bits per heavy atom. The molecule has 4 heteroatoms. The predicted molar refractivity (Wildman–Crippen MR) is 228 cm³/mol. The highest BCUT2D eigenvalue weighted by atomic mass is 16.5. The number of allylic oxidation sites excluding steroid dienone is 15. The van der Waals surface area contributed by atoms with Crippen molar-refractivity contribution in [2.75, 3.05) is 10.2 Å². The molecule has 4 nitrogen and oxygen atoms in total. The molecule has 1 aliphatic heterocycles. The molecular weight excluding hydrogens is 685 g/mol. The van der Waals surface area contributed by atoms with Crippen molar-refractivity contribution < 1.29 is 9.47 Å². The minimum atomic E-state index is -0.0729. The van der Waals surface area contributed by atoms with Gasteiger partial charge in [0.15, 0.2) is 11.5 Å². The van der Waals surface area contributed by atoms with E-state index in [-0.39, 0.29) is 16.7 Å². The van der Waals surface area contributed by atoms with Crippen LogP contribution in [0.1, 0.15) is 46.5 Å². The number of anilines is 3. The zero-order chi connectivity index (χ0) is 37.6. The summed E-state index contributed by atoms with van der Waals surface area (Å²) < 4.78 is 13.1. The molecule has 1 saturated carbocycles. The molecule has 1 fully saturated rings. The van der Waals surface area contributed by atoms with Crippen molar-refractivity contribution in [1.82, 2.24) is 0 Å². The second-order valence-corrected chi connectivity index (χ2v) is 17.5. The molecule has 0 radical (unpaired) electrons. The lowest BCUT2D eigenvalue weighted by Gasteiger charge is -2.54. The summed E-state index contributed by atoms with van der Waals surface area (Å²) in [7, 11) is 0. The van der Waals surface area contributed by atoms with Gasteiger partial charge < -0.3 is 19.7 Å². The topological polar surface area (TPSA) is 33.7 Å². The van der Waals surface area contributed by atoms with Gasteiger partial charge in [-0.3, -0.25) is 0 Å². The highest BCUT2D eigenvalue weighted by Crippen LogP contribution is 2.79. The number of para-hydroxylation sites is 6. The van der Waals surface area contributed by atoms with Crippen LogP contribution in [-0.4, -0.2) is 0 Å². The summed E-state index contributed by atoms with van der Waals surface area (Å²) in [5.74, 6) is 6.49. The maximum absolute atomic E-state index is 6.59. The summed E-state index contributed by atoms with van der Waals surface area (Å²) in [4.78, 5) is 2.53. The van der Waals surface area contributed by atoms with E-state index in [1.807, 2.05) is 0 Å². The van der Waals surface area contributed by atoms with E-state index in [2.05, 4.69) is 183 Å². The van der Waals surface area contributed by atoms with Gasteiger partial charge in [0, 0.05) is 29.1 Å². The first-order valence-corrected chi connectivity index (χ1v) is 20.9. The normalized spacial score (nSPS) is 34.0. The third-order valence-electron chi connectivity index (χ3n) is 14.6. The monoisotopic (exact) mass is 734 g/mol. The first-order chi connectivity index (χ1) is 27.5. The number of fused-ring (bicyclic) bond motifs is 11. The van der Waals surface area contributed by atoms with Gasteiger partial charge in [-0.1, -0.05) is 130 Å². The van der Waals surface area contributed by atoms with E-state index in [4.69, 9.17) is 9.47 Å². The summed E-state index contributed by atoms with van der Waals surface area (Å²) >= 11 is 0. The van der Waals surface area contributed by atoms with Gasteiger partial charge in [-0.15, -0.1) is 0 Å². The Morgan fingerprint density at radius 1 is 0.804 bits per heavy atom. The lowest BCUT2D eigenvalue weighted by atomic mass is 9.49. The van der Waals surface area contributed by atoms with Crippen LogP contribution in [-0.2, 0) is 0 Å². The van der Waals surface area contributed by atoms with Gasteiger partial charge in [-0.05, 0) is 114 Å². The van der Waals surface area contributed by atoms with Crippen LogP contribution in [0.15, 0.2) is 180 Å². The van der Waals surface area contributed by atoms with E-state index >= 15 is 0 Å². The molecule has 1 N–H and O–H groups in total. The lowest BCUT2D eigenvalue weighted by Crippen LogP contribution is -2.49. The van der Waals surface area contributed by atoms with E-state index in [0.29, 0.717) is 35.5 Å². The van der Waals surface area contributed by atoms with Gasteiger partial charge in [0.1, 0.15) is 11.5 Å². The molecule has 0 bridgehead atoms. The van der Waals surface area contributed by atoms with E-state index in [9.17, 15) is 0 Å². The quantitative estimate of drug-likeness (QED) is 0.265. The smallest absolute Gasteiger partial charge is 0.151 e. The number of nitrogens with zero attached hydrogens (tertiary/aromatic N) is 1. The maximum atomic E-state index is 6.59. The zero-order valence-electron chi connectivity index (χ0n) is 32.6. The highest BCUT2D eigenvalue weighted by molar-refractivity contribution is 5.84. The van der Waals surface area contributed by atoms with Crippen molar-refractivity contribution in [3.8, 4) is 17.2 Å². The third-order valence-corrected chi connectivity index (χ3v) is 14.6. The zero-order valence-corrected chi connectivity index (χ0v) is 32.6. The SMILES string of the molecule is CC1C=CCC(Oc2ccccc2NC2=C[C@H]3[C@@H](C=C2)C2C(C)C=CCC2(C)C32C3=C(C(N4c5ccccc5Oc5ccccc54)=CCC3)C3C=CC=CC32)=C1. The molecule has 1 spiro atoms. The largest absolute Gasteiger partial charge is 0.460 e. The van der Waals surface area contributed by atoms with Gasteiger partial charge in [0.05, 0.1) is 17.1 Å². The van der Waals surface area contributed by atoms with E-state index < -0.39 is 0 Å². The van der Waals surface area contributed by atoms with E-state index in [1.54, 1.807) is 5.57 Å². The molecule has 1 heterocycles. The Hall–Kier alpha value is -5.48. The Kier molecular flexibility index (Phi) is 7.72. The van der Waals surface area contributed by atoms with E-state index in [1.165, 1.54) is 17.0 Å². The predicted octanol–water partition coefficient (Wildman–Crippen LogP) is 13.2. The Bertz CT molecular complexity index is 2370. The molecule has 0 amide bonds. The Morgan fingerprint density at radius 3 is 2.39 bits per heavy atom. The molecule has 280 valence electrons. The summed E-state index contributed by atoms with van der Waals surface area (Å²) in [6.07, 6.45) is 35.7. The summed E-state index contributed by atoms with van der Waals surface area (Å²) in [6.45, 7) is 7.37. The number of hydrogen-bond acceptors (Lipinski definition) is 4. The second kappa shape index (κ2) is 12.8. The molecule has 3 aromatic carbocycles. The first-order valence-electron chi connectivity index (χ1n) is 20.9. The summed E-state index contributed by atoms with van der Waals surface area (Å²) in [5.41, 5.74) is 8.95. The van der Waals surface area contributed by atoms with Gasteiger partial charge in [-0.25, -0.2) is 0 Å². The van der Waals surface area contributed by atoms with Crippen LogP contribution in [0.3, 0.4) is 0 Å². The van der Waals surface area contributed by atoms with Crippen molar-refractivity contribution in [1.29, 1.82) is 0 Å². The second-order valence-electron chi connectivity index (χ2n) is 17.5. The number of benzene rings is 3. The average molecular weight is 735 g/mol. The van der Waals surface area contributed by atoms with Crippen LogP contribution >= 0.6 is 0 Å². The molecule has 7 unspecified atom stereocenters. The van der Waals surface area contributed by atoms with Crippen molar-refractivity contribution in [3.63, 3.8) is 0 Å². The molecule has 0 aromatic heterocycles. The third kappa shape index (κ3) is 4.77. The molecule has 8 aliphatic rings. The molecule has 0 saturated heterocycles. The first kappa shape index (κ1) is 33.8. The standard InChI is InChI=1S/C52H50N2O2/c1-33-15-12-17-36(31-33)55-46-25-9-6-21-42(46)53-35-28-29-38-41(32-35)52(51(3)30-14-16-34(2)50(38)51)39-19-5-4-18-37(39)49-40(52)20-13-24-45(49)54-43-22-7-10-26-47(43)56-48-27-11-8-23-44(48)54/h4-12,14-16,18-19,21-29,31-34,37-39,41,50,53H,13,17,20,30H2,1-3H3/t33?,34?,37?,38-,39?,41+,50?,51?,52?/m1/s1. The summed E-state index contributed by atoms with van der Waals surface area (Å²) in [6, 6.07) is 25.6. The Labute approximate surface area is 331 Å². The molecule has 56 heavy (non-hydrogen) atoms. The van der Waals surface area contributed by atoms with Crippen LogP contribution in [0.5, 0.6) is 17.2 Å². The maximum Gasteiger partial charge on any atom is 0.151 e. The van der Waals surface area contributed by atoms with Crippen LogP contribution in [0.2, 0.25) is 0 Å². The molecule has 3 aromatic rings. The molecule has 7 aliphatic carbocycles.